The molecule has 0 aliphatic heterocycles. The van der Waals surface area contributed by atoms with Gasteiger partial charge in [-0.05, 0) is 60.7 Å². The Labute approximate surface area is 218 Å². The Hall–Kier alpha value is -2.65. The van der Waals surface area contributed by atoms with Crippen LogP contribution in [0.2, 0.25) is 5.02 Å². The maximum Gasteiger partial charge on any atom is 0.242 e. The van der Waals surface area contributed by atoms with E-state index in [2.05, 4.69) is 5.32 Å². The lowest BCUT2D eigenvalue weighted by molar-refractivity contribution is -0.141. The Morgan fingerprint density at radius 1 is 1.06 bits per heavy atom. The van der Waals surface area contributed by atoms with E-state index < -0.39 is 16.1 Å². The molecule has 10 heteroatoms. The monoisotopic (exact) mass is 539 g/mol. The average Bonchev–Trinajstić information content (AvgIpc) is 2.81. The van der Waals surface area contributed by atoms with Crippen LogP contribution >= 0.6 is 11.6 Å². The molecule has 0 radical (unpaired) electrons. The minimum atomic E-state index is -3.59. The number of nitrogens with zero attached hydrogens (tertiary/aromatic N) is 2. The van der Waals surface area contributed by atoms with Crippen LogP contribution in [-0.4, -0.2) is 50.5 Å². The molecule has 2 aromatic carbocycles. The number of hydrogen-bond donors (Lipinski definition) is 1. The number of hydrogen-bond acceptors (Lipinski definition) is 4. The van der Waals surface area contributed by atoms with Gasteiger partial charge >= 0.3 is 0 Å². The van der Waals surface area contributed by atoms with Crippen LogP contribution in [0.4, 0.5) is 10.1 Å². The Balaban J connectivity index is 2.19. The zero-order chi connectivity index (χ0) is 26.9. The first-order valence-corrected chi connectivity index (χ1v) is 14.2. The smallest absolute Gasteiger partial charge is 0.242 e. The third-order valence-corrected chi connectivity index (χ3v) is 7.05. The standard InChI is InChI=1S/C26H35ClFN3O4S/c1-5-24(26(33)29-17-19(2)3)30(18-20-8-12-22(28)13-9-20)25(32)7-6-16-31(36(4,34)35)23-14-10-21(27)11-15-23/h8-15,19,24H,5-7,16-18H2,1-4H3,(H,29,33)/t24-/m0/s1. The van der Waals surface area contributed by atoms with Crippen molar-refractivity contribution in [2.24, 2.45) is 5.92 Å². The molecule has 198 valence electrons. The number of carbonyl (C=O) groups excluding carboxylic acids is 2. The average molecular weight is 540 g/mol. The van der Waals surface area contributed by atoms with Gasteiger partial charge in [0.15, 0.2) is 0 Å². The van der Waals surface area contributed by atoms with Crippen LogP contribution in [0, 0.1) is 11.7 Å². The molecule has 0 saturated carbocycles. The first-order chi connectivity index (χ1) is 16.9. The lowest BCUT2D eigenvalue weighted by atomic mass is 10.1. The van der Waals surface area contributed by atoms with Gasteiger partial charge in [0.05, 0.1) is 11.9 Å². The zero-order valence-corrected chi connectivity index (χ0v) is 22.8. The summed E-state index contributed by atoms with van der Waals surface area (Å²) in [5.41, 5.74) is 1.15. The van der Waals surface area contributed by atoms with Gasteiger partial charge in [0.2, 0.25) is 21.8 Å². The number of anilines is 1. The number of sulfonamides is 1. The van der Waals surface area contributed by atoms with E-state index in [-0.39, 0.29) is 49.5 Å². The lowest BCUT2D eigenvalue weighted by Gasteiger charge is -2.31. The van der Waals surface area contributed by atoms with Crippen molar-refractivity contribution in [3.8, 4) is 0 Å². The molecule has 36 heavy (non-hydrogen) atoms. The van der Waals surface area contributed by atoms with Crippen molar-refractivity contribution in [3.05, 3.63) is 64.9 Å². The van der Waals surface area contributed by atoms with Gasteiger partial charge in [0, 0.05) is 31.1 Å². The summed E-state index contributed by atoms with van der Waals surface area (Å²) in [5.74, 6) is -0.667. The van der Waals surface area contributed by atoms with Gasteiger partial charge in [-0.15, -0.1) is 0 Å². The summed E-state index contributed by atoms with van der Waals surface area (Å²) in [7, 11) is -3.59. The van der Waals surface area contributed by atoms with Gasteiger partial charge in [-0.3, -0.25) is 13.9 Å². The molecule has 1 atom stereocenters. The van der Waals surface area contributed by atoms with Crippen LogP contribution in [0.3, 0.4) is 0 Å². The highest BCUT2D eigenvalue weighted by Gasteiger charge is 2.29. The number of benzene rings is 2. The minimum Gasteiger partial charge on any atom is -0.354 e. The fourth-order valence-electron chi connectivity index (χ4n) is 3.74. The molecule has 2 amide bonds. The van der Waals surface area contributed by atoms with Gasteiger partial charge in [0.1, 0.15) is 11.9 Å². The van der Waals surface area contributed by atoms with E-state index >= 15 is 0 Å². The van der Waals surface area contributed by atoms with Crippen LogP contribution in [0.15, 0.2) is 48.5 Å². The second kappa shape index (κ2) is 13.6. The molecule has 0 spiro atoms. The van der Waals surface area contributed by atoms with E-state index in [0.29, 0.717) is 29.2 Å². The molecule has 2 aromatic rings. The Bertz CT molecular complexity index is 1110. The van der Waals surface area contributed by atoms with E-state index in [1.807, 2.05) is 20.8 Å². The zero-order valence-electron chi connectivity index (χ0n) is 21.2. The van der Waals surface area contributed by atoms with E-state index in [9.17, 15) is 22.4 Å². The molecular formula is C26H35ClFN3O4S. The molecule has 2 rings (SSSR count). The maximum absolute atomic E-state index is 13.4. The second-order valence-electron chi connectivity index (χ2n) is 9.13. The Kier molecular flexibility index (Phi) is 11.2. The normalized spacial score (nSPS) is 12.3. The van der Waals surface area contributed by atoms with Crippen molar-refractivity contribution < 1.29 is 22.4 Å². The molecule has 0 heterocycles. The number of rotatable bonds is 13. The Morgan fingerprint density at radius 2 is 1.67 bits per heavy atom. The predicted molar refractivity (Wildman–Crippen MR) is 142 cm³/mol. The summed E-state index contributed by atoms with van der Waals surface area (Å²) < 4.78 is 39.4. The van der Waals surface area contributed by atoms with Crippen LogP contribution in [0.5, 0.6) is 0 Å². The lowest BCUT2D eigenvalue weighted by Crippen LogP contribution is -2.49. The molecular weight excluding hydrogens is 505 g/mol. The highest BCUT2D eigenvalue weighted by atomic mass is 35.5. The van der Waals surface area contributed by atoms with E-state index in [1.54, 1.807) is 36.4 Å². The number of nitrogens with one attached hydrogen (secondary N) is 1. The van der Waals surface area contributed by atoms with Gasteiger partial charge in [-0.1, -0.05) is 44.5 Å². The van der Waals surface area contributed by atoms with Gasteiger partial charge in [-0.25, -0.2) is 12.8 Å². The predicted octanol–water partition coefficient (Wildman–Crippen LogP) is 4.60. The van der Waals surface area contributed by atoms with Crippen LogP contribution < -0.4 is 9.62 Å². The van der Waals surface area contributed by atoms with Gasteiger partial charge in [0.25, 0.3) is 0 Å². The first-order valence-electron chi connectivity index (χ1n) is 12.0. The number of carbonyl (C=O) groups is 2. The van der Waals surface area contributed by atoms with Crippen molar-refractivity contribution >= 4 is 39.1 Å². The van der Waals surface area contributed by atoms with Crippen LogP contribution in [0.25, 0.3) is 0 Å². The van der Waals surface area contributed by atoms with Crippen molar-refractivity contribution in [2.45, 2.75) is 52.6 Å². The molecule has 0 fully saturated rings. The molecule has 1 N–H and O–H groups in total. The fourth-order valence-corrected chi connectivity index (χ4v) is 4.83. The molecule has 7 nitrogen and oxygen atoms in total. The third-order valence-electron chi connectivity index (χ3n) is 5.60. The number of halogens is 2. The summed E-state index contributed by atoms with van der Waals surface area (Å²) in [5, 5.41) is 3.38. The van der Waals surface area contributed by atoms with Crippen molar-refractivity contribution in [1.82, 2.24) is 10.2 Å². The van der Waals surface area contributed by atoms with Crippen molar-refractivity contribution in [2.75, 3.05) is 23.7 Å². The number of amides is 2. The van der Waals surface area contributed by atoms with E-state index in [0.717, 1.165) is 6.26 Å². The first kappa shape index (κ1) is 29.6. The molecule has 0 aromatic heterocycles. The summed E-state index contributed by atoms with van der Waals surface area (Å²) in [6, 6.07) is 11.5. The highest BCUT2D eigenvalue weighted by Crippen LogP contribution is 2.22. The topological polar surface area (TPSA) is 86.8 Å². The molecule has 0 unspecified atom stereocenters. The second-order valence-corrected chi connectivity index (χ2v) is 11.5. The van der Waals surface area contributed by atoms with Crippen molar-refractivity contribution in [3.63, 3.8) is 0 Å². The molecule has 0 aliphatic rings. The Morgan fingerprint density at radius 3 is 2.19 bits per heavy atom. The summed E-state index contributed by atoms with van der Waals surface area (Å²) in [6.07, 6.45) is 1.79. The fraction of sp³-hybridized carbons (Fsp3) is 0.462. The molecule has 0 saturated heterocycles. The summed E-state index contributed by atoms with van der Waals surface area (Å²) >= 11 is 5.92. The van der Waals surface area contributed by atoms with Crippen molar-refractivity contribution in [1.29, 1.82) is 0 Å². The highest BCUT2D eigenvalue weighted by molar-refractivity contribution is 7.92. The van der Waals surface area contributed by atoms with E-state index in [1.165, 1.54) is 21.3 Å². The van der Waals surface area contributed by atoms with Crippen LogP contribution in [-0.2, 0) is 26.2 Å². The molecule has 0 bridgehead atoms. The largest absolute Gasteiger partial charge is 0.354 e. The van der Waals surface area contributed by atoms with Crippen LogP contribution in [0.1, 0.15) is 45.6 Å². The van der Waals surface area contributed by atoms with Gasteiger partial charge < -0.3 is 10.2 Å². The SMILES string of the molecule is CC[C@@H](C(=O)NCC(C)C)N(Cc1ccc(F)cc1)C(=O)CCCN(c1ccc(Cl)cc1)S(C)(=O)=O. The maximum atomic E-state index is 13.4. The van der Waals surface area contributed by atoms with E-state index in [4.69, 9.17) is 11.6 Å². The van der Waals surface area contributed by atoms with Gasteiger partial charge in [-0.2, -0.15) is 0 Å². The quantitative estimate of drug-likeness (QED) is 0.403. The summed E-state index contributed by atoms with van der Waals surface area (Å²) in [4.78, 5) is 27.8. The molecule has 0 aliphatic carbocycles. The minimum absolute atomic E-state index is 0.0365. The third kappa shape index (κ3) is 9.09. The summed E-state index contributed by atoms with van der Waals surface area (Å²) in [6.45, 7) is 6.51.